The van der Waals surface area contributed by atoms with E-state index in [0.29, 0.717) is 38.6 Å². The summed E-state index contributed by atoms with van der Waals surface area (Å²) < 4.78 is 5.53. The summed E-state index contributed by atoms with van der Waals surface area (Å²) in [5, 5.41) is 6.17. The van der Waals surface area contributed by atoms with E-state index in [-0.39, 0.29) is 30.1 Å². The van der Waals surface area contributed by atoms with E-state index in [1.807, 2.05) is 39.8 Å². The second kappa shape index (κ2) is 14.0. The Bertz CT molecular complexity index is 638. The van der Waals surface area contributed by atoms with Crippen LogP contribution in [0.3, 0.4) is 0 Å². The summed E-state index contributed by atoms with van der Waals surface area (Å²) in [5.74, 6) is 3.19. The number of ether oxygens (including phenoxy) is 1. The smallest absolute Gasteiger partial charge is 0.410 e. The number of amides is 1. The van der Waals surface area contributed by atoms with E-state index in [2.05, 4.69) is 26.5 Å². The van der Waals surface area contributed by atoms with Crippen molar-refractivity contribution in [3.05, 3.63) is 30.1 Å². The van der Waals surface area contributed by atoms with Crippen molar-refractivity contribution >= 4 is 36.0 Å². The fourth-order valence-corrected chi connectivity index (χ4v) is 2.20. The van der Waals surface area contributed by atoms with Gasteiger partial charge < -0.3 is 20.3 Å². The summed E-state index contributed by atoms with van der Waals surface area (Å²) in [6, 6.07) is 3.79. The quantitative estimate of drug-likeness (QED) is 0.188. The van der Waals surface area contributed by atoms with Crippen LogP contribution in [0, 0.1) is 12.3 Å². The first kappa shape index (κ1) is 26.0. The molecule has 1 aromatic heterocycles. The van der Waals surface area contributed by atoms with Gasteiger partial charge in [-0.3, -0.25) is 9.98 Å². The minimum Gasteiger partial charge on any atom is -0.444 e. The van der Waals surface area contributed by atoms with Gasteiger partial charge in [-0.15, -0.1) is 30.4 Å². The Labute approximate surface area is 185 Å². The molecule has 0 aromatic carbocycles. The number of aliphatic imine (C=N–C) groups is 1. The third-order valence-corrected chi connectivity index (χ3v) is 3.31. The molecule has 0 spiro atoms. The van der Waals surface area contributed by atoms with Crippen molar-refractivity contribution in [3.8, 4) is 12.3 Å². The highest BCUT2D eigenvalue weighted by Gasteiger charge is 2.22. The van der Waals surface area contributed by atoms with Crippen LogP contribution >= 0.6 is 24.0 Å². The number of halogens is 1. The van der Waals surface area contributed by atoms with E-state index in [4.69, 9.17) is 11.2 Å². The predicted molar refractivity (Wildman–Crippen MR) is 124 cm³/mol. The van der Waals surface area contributed by atoms with Gasteiger partial charge in [0.05, 0.1) is 13.1 Å². The molecule has 2 N–H and O–H groups in total. The van der Waals surface area contributed by atoms with Crippen LogP contribution in [-0.4, -0.2) is 53.7 Å². The van der Waals surface area contributed by atoms with Gasteiger partial charge in [0.1, 0.15) is 5.60 Å². The van der Waals surface area contributed by atoms with Gasteiger partial charge in [-0.2, -0.15) is 0 Å². The van der Waals surface area contributed by atoms with Crippen LogP contribution in [0.25, 0.3) is 0 Å². The van der Waals surface area contributed by atoms with Gasteiger partial charge in [0.15, 0.2) is 5.96 Å². The molecule has 0 fully saturated rings. The summed E-state index contributed by atoms with van der Waals surface area (Å²) in [5.41, 5.74) is 0.413. The summed E-state index contributed by atoms with van der Waals surface area (Å²) >= 11 is 0. The zero-order chi connectivity index (χ0) is 20.1. The third-order valence-electron chi connectivity index (χ3n) is 3.31. The van der Waals surface area contributed by atoms with Crippen LogP contribution in [0.5, 0.6) is 0 Å². The lowest BCUT2D eigenvalue weighted by Gasteiger charge is -2.27. The molecule has 28 heavy (non-hydrogen) atoms. The molecule has 0 aliphatic heterocycles. The molecule has 7 nitrogen and oxygen atoms in total. The van der Waals surface area contributed by atoms with Crippen molar-refractivity contribution in [3.63, 3.8) is 0 Å². The van der Waals surface area contributed by atoms with Gasteiger partial charge in [-0.05, 0) is 45.7 Å². The number of carbonyl (C=O) groups is 1. The number of pyridine rings is 1. The Morgan fingerprint density at radius 2 is 2.14 bits per heavy atom. The van der Waals surface area contributed by atoms with Crippen LogP contribution < -0.4 is 10.6 Å². The van der Waals surface area contributed by atoms with Crippen molar-refractivity contribution in [2.24, 2.45) is 4.99 Å². The molecule has 0 bridgehead atoms. The monoisotopic (exact) mass is 501 g/mol. The Morgan fingerprint density at radius 3 is 2.71 bits per heavy atom. The summed E-state index contributed by atoms with van der Waals surface area (Å²) in [7, 11) is 0. The van der Waals surface area contributed by atoms with Gasteiger partial charge in [-0.25, -0.2) is 4.79 Å². The highest BCUT2D eigenvalue weighted by molar-refractivity contribution is 14.0. The molecule has 1 heterocycles. The number of carbonyl (C=O) groups excluding carboxylic acids is 1. The maximum atomic E-state index is 12.5. The molecule has 0 saturated heterocycles. The summed E-state index contributed by atoms with van der Waals surface area (Å²) in [4.78, 5) is 22.8. The van der Waals surface area contributed by atoms with Gasteiger partial charge in [0, 0.05) is 32.0 Å². The van der Waals surface area contributed by atoms with Gasteiger partial charge >= 0.3 is 6.09 Å². The number of nitrogens with one attached hydrogen (secondary N) is 2. The van der Waals surface area contributed by atoms with Crippen LogP contribution in [-0.2, 0) is 11.3 Å². The maximum absolute atomic E-state index is 12.5. The lowest BCUT2D eigenvalue weighted by Crippen LogP contribution is -2.38. The van der Waals surface area contributed by atoms with E-state index in [1.165, 1.54) is 0 Å². The molecule has 8 heteroatoms. The average Bonchev–Trinajstić information content (AvgIpc) is 2.61. The average molecular weight is 501 g/mol. The van der Waals surface area contributed by atoms with E-state index in [9.17, 15) is 4.79 Å². The Hall–Kier alpha value is -2.02. The third kappa shape index (κ3) is 11.6. The fraction of sp³-hybridized carbons (Fsp3) is 0.550. The van der Waals surface area contributed by atoms with E-state index in [0.717, 1.165) is 12.1 Å². The molecule has 0 aliphatic rings. The zero-order valence-corrected chi connectivity index (χ0v) is 19.5. The number of guanidine groups is 1. The second-order valence-electron chi connectivity index (χ2n) is 6.94. The van der Waals surface area contributed by atoms with Crippen molar-refractivity contribution in [2.75, 3.05) is 26.2 Å². The molecule has 0 unspecified atom stereocenters. The summed E-state index contributed by atoms with van der Waals surface area (Å²) in [6.45, 7) is 10.3. The topological polar surface area (TPSA) is 78.9 Å². The molecule has 1 amide bonds. The first-order valence-electron chi connectivity index (χ1n) is 9.18. The van der Waals surface area contributed by atoms with E-state index >= 15 is 0 Å². The van der Waals surface area contributed by atoms with E-state index < -0.39 is 5.60 Å². The van der Waals surface area contributed by atoms with Gasteiger partial charge in [0.25, 0.3) is 0 Å². The Kier molecular flexibility index (Phi) is 13.0. The number of hydrogen-bond donors (Lipinski definition) is 2. The largest absolute Gasteiger partial charge is 0.444 e. The van der Waals surface area contributed by atoms with Crippen LogP contribution in [0.4, 0.5) is 4.79 Å². The number of hydrogen-bond acceptors (Lipinski definition) is 4. The minimum atomic E-state index is -0.542. The number of rotatable bonds is 8. The van der Waals surface area contributed by atoms with Crippen molar-refractivity contribution < 1.29 is 9.53 Å². The highest BCUT2D eigenvalue weighted by Crippen LogP contribution is 2.12. The molecule has 0 radical (unpaired) electrons. The number of nitrogens with zero attached hydrogens (tertiary/aromatic N) is 3. The zero-order valence-electron chi connectivity index (χ0n) is 17.2. The fourth-order valence-electron chi connectivity index (χ4n) is 2.20. The molecule has 156 valence electrons. The lowest BCUT2D eigenvalue weighted by atomic mass is 10.2. The molecule has 0 aliphatic carbocycles. The van der Waals surface area contributed by atoms with Crippen LogP contribution in [0.2, 0.25) is 0 Å². The first-order valence-corrected chi connectivity index (χ1v) is 9.18. The molecule has 1 rings (SSSR count). The van der Waals surface area contributed by atoms with Crippen molar-refractivity contribution in [2.45, 2.75) is 46.3 Å². The number of terminal acetylenes is 1. The molecular formula is C20H32IN5O2. The molecule has 1 aromatic rings. The summed E-state index contributed by atoms with van der Waals surface area (Å²) in [6.07, 6.45) is 9.09. The van der Waals surface area contributed by atoms with E-state index in [1.54, 1.807) is 17.3 Å². The Balaban J connectivity index is 0.00000729. The molecular weight excluding hydrogens is 469 g/mol. The second-order valence-corrected chi connectivity index (χ2v) is 6.94. The molecule has 0 saturated carbocycles. The highest BCUT2D eigenvalue weighted by atomic mass is 127. The van der Waals surface area contributed by atoms with Gasteiger partial charge in [0.2, 0.25) is 0 Å². The lowest BCUT2D eigenvalue weighted by molar-refractivity contribution is 0.0232. The number of aromatic nitrogens is 1. The van der Waals surface area contributed by atoms with Crippen molar-refractivity contribution in [1.29, 1.82) is 0 Å². The standard InChI is InChI=1S/C20H31N5O2.HI/c1-6-11-23-18(22-7-2)24-13-9-14-25(19(26)27-20(3,4)5)16-17-10-8-12-21-15-17;/h1,8,10,12,15H,7,9,11,13-14,16H2,2-5H3,(H2,22,23,24);1H. The molecule has 0 atom stereocenters. The maximum Gasteiger partial charge on any atom is 0.410 e. The Morgan fingerprint density at radius 1 is 1.39 bits per heavy atom. The predicted octanol–water partition coefficient (Wildman–Crippen LogP) is 3.02. The van der Waals surface area contributed by atoms with Gasteiger partial charge in [-0.1, -0.05) is 12.0 Å². The minimum absolute atomic E-state index is 0. The SMILES string of the molecule is C#CCNC(=NCCCN(Cc1cccnc1)C(=O)OC(C)(C)C)NCC.I. The van der Waals surface area contributed by atoms with Crippen molar-refractivity contribution in [1.82, 2.24) is 20.5 Å². The van der Waals surface area contributed by atoms with Crippen LogP contribution in [0.1, 0.15) is 39.7 Å². The normalized spacial score (nSPS) is 11.0. The van der Waals surface area contributed by atoms with Crippen LogP contribution in [0.15, 0.2) is 29.5 Å². The first-order chi connectivity index (χ1) is 12.9.